The van der Waals surface area contributed by atoms with Crippen molar-refractivity contribution in [1.82, 2.24) is 4.98 Å². The third-order valence-electron chi connectivity index (χ3n) is 4.53. The molecule has 1 aliphatic carbocycles. The second-order valence-electron chi connectivity index (χ2n) is 6.65. The van der Waals surface area contributed by atoms with E-state index in [1.165, 1.54) is 11.1 Å². The number of carbonyl (C=O) groups is 1. The number of fused-ring (bicyclic) bond motifs is 1. The molecule has 3 nitrogen and oxygen atoms in total. The van der Waals surface area contributed by atoms with Gasteiger partial charge in [0.2, 0.25) is 0 Å². The number of rotatable bonds is 2. The molecule has 114 valence electrons. The lowest BCUT2D eigenvalue weighted by atomic mass is 9.85. The number of nitrogens with zero attached hydrogens (tertiary/aromatic N) is 1. The first-order chi connectivity index (χ1) is 10.3. The molecule has 1 heterocycles. The van der Waals surface area contributed by atoms with Crippen molar-refractivity contribution in [2.24, 2.45) is 5.73 Å². The molecule has 0 saturated heterocycles. The Bertz CT molecular complexity index is 768. The maximum Gasteiger partial charge on any atom is 0.251 e. The summed E-state index contributed by atoms with van der Waals surface area (Å²) in [6.07, 6.45) is 1.12. The molecule has 0 saturated carbocycles. The van der Waals surface area contributed by atoms with Crippen LogP contribution in [0, 0.1) is 0 Å². The molecule has 0 aliphatic heterocycles. The van der Waals surface area contributed by atoms with Gasteiger partial charge in [-0.25, -0.2) is 4.98 Å². The van der Waals surface area contributed by atoms with Crippen LogP contribution < -0.4 is 5.73 Å². The zero-order valence-corrected chi connectivity index (χ0v) is 13.7. The summed E-state index contributed by atoms with van der Waals surface area (Å²) in [6, 6.07) is 9.80. The van der Waals surface area contributed by atoms with Gasteiger partial charge in [0.25, 0.3) is 5.91 Å². The Morgan fingerprint density at radius 3 is 2.68 bits per heavy atom. The number of pyridine rings is 1. The Balaban J connectivity index is 2.17. The van der Waals surface area contributed by atoms with Gasteiger partial charge < -0.3 is 5.73 Å². The van der Waals surface area contributed by atoms with E-state index in [-0.39, 0.29) is 16.1 Å². The van der Waals surface area contributed by atoms with Crippen LogP contribution in [0.4, 0.5) is 0 Å². The first-order valence-electron chi connectivity index (χ1n) is 7.41. The summed E-state index contributed by atoms with van der Waals surface area (Å²) in [5.41, 5.74) is 10.3. The highest BCUT2D eigenvalue weighted by molar-refractivity contribution is 6.32. The van der Waals surface area contributed by atoms with Crippen LogP contribution in [0.2, 0.25) is 5.15 Å². The molecule has 3 rings (SSSR count). The predicted octanol–water partition coefficient (Wildman–Crippen LogP) is 4.29. The molecule has 1 unspecified atom stereocenters. The number of aromatic nitrogens is 1. The predicted molar refractivity (Wildman–Crippen MR) is 89.3 cm³/mol. The van der Waals surface area contributed by atoms with Gasteiger partial charge in [-0.2, -0.15) is 0 Å². The third kappa shape index (κ3) is 2.30. The first kappa shape index (κ1) is 15.0. The van der Waals surface area contributed by atoms with Gasteiger partial charge in [-0.1, -0.05) is 50.6 Å². The van der Waals surface area contributed by atoms with Crippen molar-refractivity contribution in [3.63, 3.8) is 0 Å². The molecule has 2 aromatic rings. The molecule has 1 aromatic heterocycles. The third-order valence-corrected chi connectivity index (χ3v) is 4.82. The zero-order chi connectivity index (χ0) is 16.1. The molecule has 1 amide bonds. The van der Waals surface area contributed by atoms with E-state index >= 15 is 0 Å². The molecule has 0 spiro atoms. The molecule has 2 N–H and O–H groups in total. The monoisotopic (exact) mass is 314 g/mol. The minimum Gasteiger partial charge on any atom is -0.366 e. The van der Waals surface area contributed by atoms with Crippen LogP contribution in [0.15, 0.2) is 30.3 Å². The largest absolute Gasteiger partial charge is 0.366 e. The molecule has 1 aromatic carbocycles. The number of primary amides is 1. The highest BCUT2D eigenvalue weighted by Crippen LogP contribution is 2.48. The Kier molecular flexibility index (Phi) is 3.48. The molecule has 1 atom stereocenters. The molecule has 0 fully saturated rings. The summed E-state index contributed by atoms with van der Waals surface area (Å²) >= 11 is 6.11. The molecule has 4 heteroatoms. The zero-order valence-electron chi connectivity index (χ0n) is 13.0. The number of halogens is 1. The Hall–Kier alpha value is -1.87. The van der Waals surface area contributed by atoms with Gasteiger partial charge in [-0.3, -0.25) is 4.79 Å². The van der Waals surface area contributed by atoms with Crippen LogP contribution in [0.25, 0.3) is 11.3 Å². The van der Waals surface area contributed by atoms with Gasteiger partial charge in [0.1, 0.15) is 5.15 Å². The van der Waals surface area contributed by atoms with Gasteiger partial charge in [0.05, 0.1) is 11.3 Å². The second-order valence-corrected chi connectivity index (χ2v) is 7.01. The van der Waals surface area contributed by atoms with E-state index in [1.54, 1.807) is 6.07 Å². The lowest BCUT2D eigenvalue weighted by molar-refractivity contribution is 0.1000. The van der Waals surface area contributed by atoms with Gasteiger partial charge in [0.15, 0.2) is 0 Å². The summed E-state index contributed by atoms with van der Waals surface area (Å²) in [4.78, 5) is 15.7. The van der Waals surface area contributed by atoms with Crippen molar-refractivity contribution >= 4 is 17.5 Å². The summed E-state index contributed by atoms with van der Waals surface area (Å²) in [7, 11) is 0. The number of amides is 1. The molecule has 22 heavy (non-hydrogen) atoms. The lowest BCUT2D eigenvalue weighted by Gasteiger charge is -2.19. The minimum absolute atomic E-state index is 0.160. The van der Waals surface area contributed by atoms with Crippen LogP contribution in [-0.4, -0.2) is 10.9 Å². The minimum atomic E-state index is -0.558. The maximum absolute atomic E-state index is 11.3. The average Bonchev–Trinajstić information content (AvgIpc) is 2.68. The normalized spacial score (nSPS) is 19.0. The summed E-state index contributed by atoms with van der Waals surface area (Å²) < 4.78 is 0. The molecule has 0 bridgehead atoms. The van der Waals surface area contributed by atoms with Gasteiger partial charge >= 0.3 is 0 Å². The average molecular weight is 315 g/mol. The van der Waals surface area contributed by atoms with Gasteiger partial charge in [-0.15, -0.1) is 0 Å². The summed E-state index contributed by atoms with van der Waals surface area (Å²) in [5, 5.41) is 0.160. The maximum atomic E-state index is 11.3. The summed E-state index contributed by atoms with van der Waals surface area (Å²) in [6.45, 7) is 6.79. The van der Waals surface area contributed by atoms with E-state index in [4.69, 9.17) is 17.3 Å². The van der Waals surface area contributed by atoms with Gasteiger partial charge in [-0.05, 0) is 41.0 Å². The van der Waals surface area contributed by atoms with E-state index in [2.05, 4.69) is 44.0 Å². The fraction of sp³-hybridized carbons (Fsp3) is 0.333. The van der Waals surface area contributed by atoms with E-state index < -0.39 is 5.91 Å². The van der Waals surface area contributed by atoms with Crippen molar-refractivity contribution in [3.05, 3.63) is 52.2 Å². The van der Waals surface area contributed by atoms with Crippen molar-refractivity contribution in [2.75, 3.05) is 0 Å². The van der Waals surface area contributed by atoms with Crippen molar-refractivity contribution in [2.45, 2.75) is 38.5 Å². The van der Waals surface area contributed by atoms with Crippen LogP contribution in [0.5, 0.6) is 0 Å². The molecule has 1 aliphatic rings. The highest BCUT2D eigenvalue weighted by atomic mass is 35.5. The van der Waals surface area contributed by atoms with Gasteiger partial charge in [0, 0.05) is 5.56 Å². The molecular weight excluding hydrogens is 296 g/mol. The smallest absolute Gasteiger partial charge is 0.251 e. The number of nitrogens with two attached hydrogens (primary N) is 1. The number of benzene rings is 1. The topological polar surface area (TPSA) is 56.0 Å². The van der Waals surface area contributed by atoms with Crippen molar-refractivity contribution in [3.8, 4) is 11.3 Å². The number of hydrogen-bond acceptors (Lipinski definition) is 2. The van der Waals surface area contributed by atoms with Crippen LogP contribution in [-0.2, 0) is 5.41 Å². The van der Waals surface area contributed by atoms with E-state index in [9.17, 15) is 4.79 Å². The fourth-order valence-corrected chi connectivity index (χ4v) is 3.90. The van der Waals surface area contributed by atoms with Crippen LogP contribution in [0.3, 0.4) is 0 Å². The number of hydrogen-bond donors (Lipinski definition) is 1. The second kappa shape index (κ2) is 5.10. The SMILES string of the molecule is CC1CC(C)(C)c2cccc(-c3ccc(C(N)=O)c(Cl)n3)c21. The van der Waals surface area contributed by atoms with Crippen LogP contribution in [0.1, 0.15) is 54.6 Å². The Morgan fingerprint density at radius 2 is 2.05 bits per heavy atom. The first-order valence-corrected chi connectivity index (χ1v) is 7.79. The Morgan fingerprint density at radius 1 is 1.32 bits per heavy atom. The van der Waals surface area contributed by atoms with Crippen LogP contribution >= 0.6 is 11.6 Å². The molecule has 0 radical (unpaired) electrons. The quantitative estimate of drug-likeness (QED) is 0.841. The van der Waals surface area contributed by atoms with Crippen molar-refractivity contribution < 1.29 is 4.79 Å². The van der Waals surface area contributed by atoms with Crippen molar-refractivity contribution in [1.29, 1.82) is 0 Å². The molecular formula is C18H19ClN2O. The fourth-order valence-electron chi connectivity index (χ4n) is 3.66. The van der Waals surface area contributed by atoms with E-state index in [0.29, 0.717) is 5.92 Å². The summed E-state index contributed by atoms with van der Waals surface area (Å²) in [5.74, 6) is -0.0885. The lowest BCUT2D eigenvalue weighted by Crippen LogP contribution is -2.12. The van der Waals surface area contributed by atoms with E-state index in [1.807, 2.05) is 6.07 Å². The van der Waals surface area contributed by atoms with E-state index in [0.717, 1.165) is 17.7 Å². The number of carbonyl (C=O) groups excluding carboxylic acids is 1. The Labute approximate surface area is 135 Å². The highest BCUT2D eigenvalue weighted by Gasteiger charge is 2.36. The standard InChI is InChI=1S/C18H19ClN2O/c1-10-9-18(2,3)13-6-4-5-11(15(10)13)14-8-7-12(17(20)22)16(19)21-14/h4-8,10H,9H2,1-3H3,(H2,20,22).